The van der Waals surface area contributed by atoms with Gasteiger partial charge in [-0.05, 0) is 39.0 Å². The summed E-state index contributed by atoms with van der Waals surface area (Å²) in [4.78, 5) is 11.9. The van der Waals surface area contributed by atoms with Gasteiger partial charge in [0.15, 0.2) is 0 Å². The van der Waals surface area contributed by atoms with E-state index in [2.05, 4.69) is 12.2 Å². The van der Waals surface area contributed by atoms with Crippen LogP contribution < -0.4 is 5.32 Å². The molecule has 0 spiro atoms. The molecule has 1 aliphatic carbocycles. The van der Waals surface area contributed by atoms with Gasteiger partial charge in [-0.15, -0.1) is 0 Å². The van der Waals surface area contributed by atoms with Gasteiger partial charge in [-0.25, -0.2) is 0 Å². The van der Waals surface area contributed by atoms with Crippen LogP contribution in [-0.2, 0) is 9.53 Å². The molecule has 1 amide bonds. The second kappa shape index (κ2) is 7.70. The number of nitrogens with one attached hydrogen (secondary N) is 1. The van der Waals surface area contributed by atoms with Crippen molar-refractivity contribution in [3.05, 3.63) is 0 Å². The molecule has 3 atom stereocenters. The molecule has 0 unspecified atom stereocenters. The van der Waals surface area contributed by atoms with Gasteiger partial charge in [-0.2, -0.15) is 0 Å². The summed E-state index contributed by atoms with van der Waals surface area (Å²) in [5, 5.41) is 3.16. The van der Waals surface area contributed by atoms with Crippen LogP contribution in [0.3, 0.4) is 0 Å². The lowest BCUT2D eigenvalue weighted by Gasteiger charge is -2.22. The molecule has 0 aromatic carbocycles. The average molecular weight is 241 g/mol. The number of hydrogen-bond donors (Lipinski definition) is 1. The fourth-order valence-electron chi connectivity index (χ4n) is 2.66. The molecule has 0 radical (unpaired) electrons. The molecule has 100 valence electrons. The first kappa shape index (κ1) is 14.5. The van der Waals surface area contributed by atoms with Gasteiger partial charge < -0.3 is 10.1 Å². The Hall–Kier alpha value is -0.570. The summed E-state index contributed by atoms with van der Waals surface area (Å²) < 4.78 is 5.32. The lowest BCUT2D eigenvalue weighted by atomic mass is 9.96. The highest BCUT2D eigenvalue weighted by atomic mass is 16.5. The summed E-state index contributed by atoms with van der Waals surface area (Å²) in [5.41, 5.74) is 0. The molecule has 1 N–H and O–H groups in total. The van der Waals surface area contributed by atoms with E-state index in [4.69, 9.17) is 4.74 Å². The van der Waals surface area contributed by atoms with Crippen LogP contribution in [0.1, 0.15) is 59.3 Å². The molecule has 17 heavy (non-hydrogen) atoms. The van der Waals surface area contributed by atoms with Gasteiger partial charge in [0.2, 0.25) is 5.91 Å². The Labute approximate surface area is 105 Å². The van der Waals surface area contributed by atoms with E-state index in [1.807, 2.05) is 13.8 Å². The molecule has 0 aliphatic heterocycles. The lowest BCUT2D eigenvalue weighted by molar-refractivity contribution is -0.132. The first-order valence-corrected chi connectivity index (χ1v) is 7.11. The quantitative estimate of drug-likeness (QED) is 0.744. The summed E-state index contributed by atoms with van der Waals surface area (Å²) in [7, 11) is 0. The molecule has 1 rings (SSSR count). The zero-order valence-electron chi connectivity index (χ0n) is 11.5. The third-order valence-corrected chi connectivity index (χ3v) is 3.70. The molecular weight excluding hydrogens is 214 g/mol. The summed E-state index contributed by atoms with van der Waals surface area (Å²) in [5.74, 6) is 0.743. The normalized spacial score (nSPS) is 25.8. The molecule has 1 saturated carbocycles. The van der Waals surface area contributed by atoms with Crippen molar-refractivity contribution in [2.45, 2.75) is 71.4 Å². The van der Waals surface area contributed by atoms with Gasteiger partial charge in [0, 0.05) is 12.6 Å². The van der Waals surface area contributed by atoms with Gasteiger partial charge in [-0.1, -0.05) is 26.2 Å². The Morgan fingerprint density at radius 2 is 2.18 bits per heavy atom. The van der Waals surface area contributed by atoms with E-state index in [1.165, 1.54) is 32.1 Å². The number of unbranched alkanes of at least 4 members (excludes halogenated alkanes) is 1. The Morgan fingerprint density at radius 3 is 2.82 bits per heavy atom. The van der Waals surface area contributed by atoms with E-state index < -0.39 is 0 Å². The molecule has 0 bridgehead atoms. The van der Waals surface area contributed by atoms with E-state index in [9.17, 15) is 4.79 Å². The largest absolute Gasteiger partial charge is 0.369 e. The van der Waals surface area contributed by atoms with Crippen LogP contribution in [0.25, 0.3) is 0 Å². The maximum Gasteiger partial charge on any atom is 0.249 e. The van der Waals surface area contributed by atoms with Gasteiger partial charge in [0.1, 0.15) is 6.10 Å². The fourth-order valence-corrected chi connectivity index (χ4v) is 2.66. The zero-order valence-corrected chi connectivity index (χ0v) is 11.5. The maximum absolute atomic E-state index is 11.9. The standard InChI is InChI=1S/C14H27NO2/c1-4-6-8-12-9-7-10-13(12)15-14(16)11(3)17-5-2/h11-13H,4-10H2,1-3H3,(H,15,16)/t11-,12-,13-/m1/s1. The van der Waals surface area contributed by atoms with Gasteiger partial charge in [0.05, 0.1) is 0 Å². The smallest absolute Gasteiger partial charge is 0.249 e. The third kappa shape index (κ3) is 4.66. The van der Waals surface area contributed by atoms with Crippen LogP contribution in [0.2, 0.25) is 0 Å². The summed E-state index contributed by atoms with van der Waals surface area (Å²) in [6.45, 7) is 6.57. The number of rotatable bonds is 7. The number of carbonyl (C=O) groups excluding carboxylic acids is 1. The maximum atomic E-state index is 11.9. The Bertz CT molecular complexity index is 230. The van der Waals surface area contributed by atoms with Crippen molar-refractivity contribution in [1.29, 1.82) is 0 Å². The van der Waals surface area contributed by atoms with Crippen LogP contribution in [-0.4, -0.2) is 24.7 Å². The van der Waals surface area contributed by atoms with Gasteiger partial charge in [0.25, 0.3) is 0 Å². The van der Waals surface area contributed by atoms with Gasteiger partial charge >= 0.3 is 0 Å². The number of carbonyl (C=O) groups is 1. The second-order valence-corrected chi connectivity index (χ2v) is 5.05. The first-order chi connectivity index (χ1) is 8.19. The highest BCUT2D eigenvalue weighted by Crippen LogP contribution is 2.29. The molecule has 0 saturated heterocycles. The van der Waals surface area contributed by atoms with Gasteiger partial charge in [-0.3, -0.25) is 4.79 Å². The molecule has 3 heteroatoms. The Kier molecular flexibility index (Phi) is 6.56. The predicted octanol–water partition coefficient (Wildman–Crippen LogP) is 2.89. The van der Waals surface area contributed by atoms with Crippen LogP contribution >= 0.6 is 0 Å². The third-order valence-electron chi connectivity index (χ3n) is 3.70. The topological polar surface area (TPSA) is 38.3 Å². The van der Waals surface area contributed by atoms with Crippen LogP contribution in [0.4, 0.5) is 0 Å². The summed E-state index contributed by atoms with van der Waals surface area (Å²) >= 11 is 0. The molecule has 0 aromatic rings. The minimum atomic E-state index is -0.313. The van der Waals surface area contributed by atoms with E-state index in [0.717, 1.165) is 6.42 Å². The Balaban J connectivity index is 2.35. The number of ether oxygens (including phenoxy) is 1. The molecule has 0 heterocycles. The van der Waals surface area contributed by atoms with E-state index in [0.29, 0.717) is 18.6 Å². The van der Waals surface area contributed by atoms with Crippen LogP contribution in [0.15, 0.2) is 0 Å². The second-order valence-electron chi connectivity index (χ2n) is 5.05. The summed E-state index contributed by atoms with van der Waals surface area (Å²) in [6.07, 6.45) is 7.12. The zero-order chi connectivity index (χ0) is 12.7. The molecule has 3 nitrogen and oxygen atoms in total. The first-order valence-electron chi connectivity index (χ1n) is 7.11. The van der Waals surface area contributed by atoms with Crippen molar-refractivity contribution in [2.75, 3.05) is 6.61 Å². The molecular formula is C14H27NO2. The van der Waals surface area contributed by atoms with Crippen molar-refractivity contribution in [2.24, 2.45) is 5.92 Å². The molecule has 1 aliphatic rings. The minimum Gasteiger partial charge on any atom is -0.369 e. The van der Waals surface area contributed by atoms with Crippen molar-refractivity contribution in [1.82, 2.24) is 5.32 Å². The molecule has 1 fully saturated rings. The highest BCUT2D eigenvalue weighted by Gasteiger charge is 2.29. The molecule has 0 aromatic heterocycles. The number of hydrogen-bond acceptors (Lipinski definition) is 2. The highest BCUT2D eigenvalue weighted by molar-refractivity contribution is 5.80. The van der Waals surface area contributed by atoms with Crippen molar-refractivity contribution in [3.8, 4) is 0 Å². The van der Waals surface area contributed by atoms with Crippen molar-refractivity contribution >= 4 is 5.91 Å². The van der Waals surface area contributed by atoms with Crippen molar-refractivity contribution in [3.63, 3.8) is 0 Å². The predicted molar refractivity (Wildman–Crippen MR) is 69.9 cm³/mol. The fraction of sp³-hybridized carbons (Fsp3) is 0.929. The van der Waals surface area contributed by atoms with Crippen LogP contribution in [0, 0.1) is 5.92 Å². The van der Waals surface area contributed by atoms with E-state index in [1.54, 1.807) is 0 Å². The lowest BCUT2D eigenvalue weighted by Crippen LogP contribution is -2.43. The minimum absolute atomic E-state index is 0.0558. The van der Waals surface area contributed by atoms with Crippen LogP contribution in [0.5, 0.6) is 0 Å². The monoisotopic (exact) mass is 241 g/mol. The Morgan fingerprint density at radius 1 is 1.41 bits per heavy atom. The summed E-state index contributed by atoms with van der Waals surface area (Å²) in [6, 6.07) is 0.386. The van der Waals surface area contributed by atoms with E-state index in [-0.39, 0.29) is 12.0 Å². The van der Waals surface area contributed by atoms with Crippen molar-refractivity contribution < 1.29 is 9.53 Å². The average Bonchev–Trinajstić information content (AvgIpc) is 2.74. The van der Waals surface area contributed by atoms with E-state index >= 15 is 0 Å². The SMILES string of the molecule is CCCC[C@@H]1CCC[C@H]1NC(=O)[C@@H](C)OCC. The number of amides is 1.